The van der Waals surface area contributed by atoms with Crippen molar-refractivity contribution in [2.75, 3.05) is 13.7 Å². The summed E-state index contributed by atoms with van der Waals surface area (Å²) in [5.74, 6) is -0.0624. The number of aliphatic hydroxyl groups is 1. The molecular formula is C15H17ClN2O2S. The number of carbonyl (C=O) groups is 1. The van der Waals surface area contributed by atoms with E-state index in [4.69, 9.17) is 16.7 Å². The lowest BCUT2D eigenvalue weighted by molar-refractivity contribution is -0.131. The van der Waals surface area contributed by atoms with Gasteiger partial charge in [-0.15, -0.1) is 11.3 Å². The van der Waals surface area contributed by atoms with Gasteiger partial charge in [0, 0.05) is 18.0 Å². The van der Waals surface area contributed by atoms with Crippen LogP contribution >= 0.6 is 22.9 Å². The monoisotopic (exact) mass is 324 g/mol. The van der Waals surface area contributed by atoms with Crippen LogP contribution in [0.3, 0.4) is 0 Å². The molecule has 0 radical (unpaired) electrons. The number of aromatic nitrogens is 1. The molecule has 1 aromatic heterocycles. The van der Waals surface area contributed by atoms with Crippen molar-refractivity contribution in [2.45, 2.75) is 19.4 Å². The third kappa shape index (κ3) is 3.81. The molecule has 1 atom stereocenters. The van der Waals surface area contributed by atoms with Crippen LogP contribution in [0.2, 0.25) is 5.02 Å². The zero-order valence-corrected chi connectivity index (χ0v) is 13.5. The van der Waals surface area contributed by atoms with Gasteiger partial charge in [0.05, 0.1) is 29.8 Å². The molecule has 2 aromatic rings. The van der Waals surface area contributed by atoms with Gasteiger partial charge in [-0.3, -0.25) is 4.79 Å². The minimum atomic E-state index is -0.195. The summed E-state index contributed by atoms with van der Waals surface area (Å²) in [6, 6.07) is 7.31. The third-order valence-electron chi connectivity index (χ3n) is 3.31. The minimum Gasteiger partial charge on any atom is -0.394 e. The summed E-state index contributed by atoms with van der Waals surface area (Å²) in [5, 5.41) is 12.4. The normalized spacial score (nSPS) is 12.2. The van der Waals surface area contributed by atoms with Crippen LogP contribution in [0.5, 0.6) is 0 Å². The number of amides is 1. The molecule has 1 heterocycles. The Bertz CT molecular complexity index is 630. The van der Waals surface area contributed by atoms with Crippen molar-refractivity contribution < 1.29 is 9.90 Å². The van der Waals surface area contributed by atoms with Crippen LogP contribution in [0.4, 0.5) is 0 Å². The Morgan fingerprint density at radius 2 is 2.19 bits per heavy atom. The van der Waals surface area contributed by atoms with Crippen LogP contribution in [0.25, 0.3) is 10.6 Å². The van der Waals surface area contributed by atoms with Crippen LogP contribution in [0, 0.1) is 0 Å². The minimum absolute atomic E-state index is 0.0514. The number of carbonyl (C=O) groups excluding carboxylic acids is 1. The first kappa shape index (κ1) is 15.9. The smallest absolute Gasteiger partial charge is 0.228 e. The van der Waals surface area contributed by atoms with Gasteiger partial charge in [-0.2, -0.15) is 0 Å². The summed E-state index contributed by atoms with van der Waals surface area (Å²) in [7, 11) is 1.69. The lowest BCUT2D eigenvalue weighted by atomic mass is 10.2. The molecule has 112 valence electrons. The Labute approximate surface area is 133 Å². The lowest BCUT2D eigenvalue weighted by Crippen LogP contribution is -2.38. The second-order valence-electron chi connectivity index (χ2n) is 4.84. The number of thiazole rings is 1. The molecule has 21 heavy (non-hydrogen) atoms. The van der Waals surface area contributed by atoms with E-state index < -0.39 is 0 Å². The second kappa shape index (κ2) is 7.02. The van der Waals surface area contributed by atoms with Gasteiger partial charge >= 0.3 is 0 Å². The van der Waals surface area contributed by atoms with E-state index in [1.54, 1.807) is 14.0 Å². The first-order chi connectivity index (χ1) is 10.0. The van der Waals surface area contributed by atoms with Crippen molar-refractivity contribution >= 4 is 28.8 Å². The third-order valence-corrected chi connectivity index (χ3v) is 4.56. The summed E-state index contributed by atoms with van der Waals surface area (Å²) in [4.78, 5) is 18.1. The topological polar surface area (TPSA) is 53.4 Å². The summed E-state index contributed by atoms with van der Waals surface area (Å²) >= 11 is 7.62. The maximum Gasteiger partial charge on any atom is 0.228 e. The average molecular weight is 325 g/mol. The molecule has 0 aliphatic rings. The molecule has 0 bridgehead atoms. The van der Waals surface area contributed by atoms with E-state index in [0.29, 0.717) is 5.02 Å². The fourth-order valence-electron chi connectivity index (χ4n) is 1.79. The highest BCUT2D eigenvalue weighted by Crippen LogP contribution is 2.30. The van der Waals surface area contributed by atoms with Crippen molar-refractivity contribution in [3.05, 3.63) is 40.4 Å². The van der Waals surface area contributed by atoms with Crippen LogP contribution in [0.1, 0.15) is 12.6 Å². The largest absolute Gasteiger partial charge is 0.394 e. The fourth-order valence-corrected chi connectivity index (χ4v) is 2.93. The Hall–Kier alpha value is -1.43. The van der Waals surface area contributed by atoms with Gasteiger partial charge in [0.15, 0.2) is 0 Å². The molecule has 0 saturated carbocycles. The van der Waals surface area contributed by atoms with Crippen molar-refractivity contribution in [1.82, 2.24) is 9.88 Å². The molecule has 0 aliphatic heterocycles. The highest BCUT2D eigenvalue weighted by atomic mass is 35.5. The first-order valence-electron chi connectivity index (χ1n) is 6.58. The van der Waals surface area contributed by atoms with E-state index in [2.05, 4.69) is 4.98 Å². The number of aliphatic hydroxyl groups excluding tert-OH is 1. The predicted molar refractivity (Wildman–Crippen MR) is 85.6 cm³/mol. The van der Waals surface area contributed by atoms with E-state index in [9.17, 15) is 4.79 Å². The highest BCUT2D eigenvalue weighted by Gasteiger charge is 2.17. The van der Waals surface area contributed by atoms with E-state index in [1.807, 2.05) is 29.6 Å². The van der Waals surface area contributed by atoms with Gasteiger partial charge < -0.3 is 10.0 Å². The Kier molecular flexibility index (Phi) is 5.33. The van der Waals surface area contributed by atoms with E-state index >= 15 is 0 Å². The molecular weight excluding hydrogens is 308 g/mol. The molecule has 2 rings (SSSR count). The van der Waals surface area contributed by atoms with Crippen LogP contribution < -0.4 is 0 Å². The number of benzene rings is 1. The average Bonchev–Trinajstić information content (AvgIpc) is 2.94. The highest BCUT2D eigenvalue weighted by molar-refractivity contribution is 7.13. The Balaban J connectivity index is 2.11. The van der Waals surface area contributed by atoms with Gasteiger partial charge in [-0.1, -0.05) is 29.8 Å². The second-order valence-corrected chi connectivity index (χ2v) is 6.10. The molecule has 1 amide bonds. The number of halogens is 1. The molecule has 6 heteroatoms. The lowest BCUT2D eigenvalue weighted by Gasteiger charge is -2.22. The van der Waals surface area contributed by atoms with Crippen molar-refractivity contribution in [3.8, 4) is 10.6 Å². The number of rotatable bonds is 5. The molecule has 0 spiro atoms. The predicted octanol–water partition coefficient (Wildman–Crippen LogP) is 2.85. The number of likely N-dealkylation sites (N-methyl/N-ethyl adjacent to an activating group) is 1. The number of hydrogen-bond acceptors (Lipinski definition) is 4. The summed E-state index contributed by atoms with van der Waals surface area (Å²) in [6.45, 7) is 1.75. The van der Waals surface area contributed by atoms with Gasteiger partial charge in [-0.05, 0) is 13.0 Å². The van der Waals surface area contributed by atoms with E-state index in [0.717, 1.165) is 16.3 Å². The Morgan fingerprint density at radius 1 is 1.48 bits per heavy atom. The van der Waals surface area contributed by atoms with Crippen molar-refractivity contribution in [1.29, 1.82) is 0 Å². The van der Waals surface area contributed by atoms with E-state index in [-0.39, 0.29) is 25.0 Å². The SMILES string of the molecule is CC(CO)N(C)C(=O)Cc1csc(-c2ccccc2Cl)n1. The van der Waals surface area contributed by atoms with Crippen molar-refractivity contribution in [3.63, 3.8) is 0 Å². The van der Waals surface area contributed by atoms with Gasteiger partial charge in [0.2, 0.25) is 5.91 Å². The van der Waals surface area contributed by atoms with Gasteiger partial charge in [-0.25, -0.2) is 4.98 Å². The molecule has 0 aliphatic carbocycles. The number of hydrogen-bond donors (Lipinski definition) is 1. The summed E-state index contributed by atoms with van der Waals surface area (Å²) in [5.41, 5.74) is 1.59. The maximum atomic E-state index is 12.1. The maximum absolute atomic E-state index is 12.1. The van der Waals surface area contributed by atoms with Gasteiger partial charge in [0.1, 0.15) is 5.01 Å². The molecule has 0 saturated heterocycles. The molecule has 4 nitrogen and oxygen atoms in total. The fraction of sp³-hybridized carbons (Fsp3) is 0.333. The zero-order valence-electron chi connectivity index (χ0n) is 11.9. The van der Waals surface area contributed by atoms with E-state index in [1.165, 1.54) is 16.2 Å². The van der Waals surface area contributed by atoms with Crippen LogP contribution in [-0.2, 0) is 11.2 Å². The van der Waals surface area contributed by atoms with Crippen molar-refractivity contribution in [2.24, 2.45) is 0 Å². The van der Waals surface area contributed by atoms with Crippen LogP contribution in [0.15, 0.2) is 29.6 Å². The van der Waals surface area contributed by atoms with Crippen LogP contribution in [-0.4, -0.2) is 40.6 Å². The molecule has 1 aromatic carbocycles. The summed E-state index contributed by atoms with van der Waals surface area (Å²) < 4.78 is 0. The molecule has 1 unspecified atom stereocenters. The molecule has 1 N–H and O–H groups in total. The quantitative estimate of drug-likeness (QED) is 0.920. The van der Waals surface area contributed by atoms with Gasteiger partial charge in [0.25, 0.3) is 0 Å². The standard InChI is InChI=1S/C15H17ClN2O2S/c1-10(8-19)18(2)14(20)7-11-9-21-15(17-11)12-5-3-4-6-13(12)16/h3-6,9-10,19H,7-8H2,1-2H3. The Morgan fingerprint density at radius 3 is 2.86 bits per heavy atom. The first-order valence-corrected chi connectivity index (χ1v) is 7.84. The zero-order chi connectivity index (χ0) is 15.4. The number of nitrogens with zero attached hydrogens (tertiary/aromatic N) is 2. The molecule has 0 fully saturated rings. The summed E-state index contributed by atoms with van der Waals surface area (Å²) in [6.07, 6.45) is 0.224.